The number of carbonyl (C=O) groups excluding carboxylic acids is 2. The van der Waals surface area contributed by atoms with E-state index < -0.39 is 28.5 Å². The first-order chi connectivity index (χ1) is 22.0. The van der Waals surface area contributed by atoms with Crippen molar-refractivity contribution >= 4 is 50.7 Å². The van der Waals surface area contributed by atoms with Gasteiger partial charge < -0.3 is 10.2 Å². The van der Waals surface area contributed by atoms with Gasteiger partial charge in [0.05, 0.1) is 10.6 Å². The zero-order chi connectivity index (χ0) is 33.3. The summed E-state index contributed by atoms with van der Waals surface area (Å²) in [5.74, 6) is -0.838. The number of anilines is 1. The smallest absolute Gasteiger partial charge is 0.264 e. The van der Waals surface area contributed by atoms with E-state index >= 15 is 0 Å². The molecule has 4 rings (SSSR count). The molecule has 4 aromatic rings. The maximum absolute atomic E-state index is 14.5. The molecule has 242 valence electrons. The average Bonchev–Trinajstić information content (AvgIpc) is 3.04. The van der Waals surface area contributed by atoms with Crippen molar-refractivity contribution < 1.29 is 18.0 Å². The molecule has 0 aromatic heterocycles. The summed E-state index contributed by atoms with van der Waals surface area (Å²) in [5.41, 5.74) is 3.80. The second kappa shape index (κ2) is 16.1. The standard InChI is InChI=1S/C36H39Cl2N3O4S/c1-4-5-21-39-36(43)34(23-28-9-7-6-8-10-28)40(24-29-12-14-30(37)15-13-29)35(42)25-41(32-18-11-26(2)27(3)22-32)46(44,45)33-19-16-31(38)17-20-33/h6-20,22,34H,4-5,21,23-25H2,1-3H3,(H,39,43)/t34-/m0/s1. The normalized spacial score (nSPS) is 11.9. The van der Waals surface area contributed by atoms with Crippen molar-refractivity contribution in [2.75, 3.05) is 17.4 Å². The van der Waals surface area contributed by atoms with Crippen molar-refractivity contribution in [1.29, 1.82) is 0 Å². The van der Waals surface area contributed by atoms with E-state index in [-0.39, 0.29) is 23.8 Å². The lowest BCUT2D eigenvalue weighted by molar-refractivity contribution is -0.140. The summed E-state index contributed by atoms with van der Waals surface area (Å²) >= 11 is 12.2. The highest BCUT2D eigenvalue weighted by atomic mass is 35.5. The Hall–Kier alpha value is -3.85. The molecule has 46 heavy (non-hydrogen) atoms. The van der Waals surface area contributed by atoms with Gasteiger partial charge in [0.25, 0.3) is 10.0 Å². The molecule has 0 saturated heterocycles. The Morgan fingerprint density at radius 1 is 0.804 bits per heavy atom. The van der Waals surface area contributed by atoms with E-state index in [0.717, 1.165) is 39.4 Å². The molecule has 7 nitrogen and oxygen atoms in total. The van der Waals surface area contributed by atoms with Crippen LogP contribution in [-0.4, -0.2) is 44.3 Å². The highest BCUT2D eigenvalue weighted by Crippen LogP contribution is 2.28. The van der Waals surface area contributed by atoms with E-state index in [1.165, 1.54) is 29.2 Å². The summed E-state index contributed by atoms with van der Waals surface area (Å²) in [6.07, 6.45) is 1.92. The van der Waals surface area contributed by atoms with Gasteiger partial charge in [-0.15, -0.1) is 0 Å². The highest BCUT2D eigenvalue weighted by molar-refractivity contribution is 7.92. The molecule has 0 aliphatic rings. The van der Waals surface area contributed by atoms with Crippen LogP contribution in [0.5, 0.6) is 0 Å². The number of rotatable bonds is 14. The van der Waals surface area contributed by atoms with Crippen molar-refractivity contribution in [1.82, 2.24) is 10.2 Å². The molecule has 0 saturated carbocycles. The number of sulfonamides is 1. The van der Waals surface area contributed by atoms with Gasteiger partial charge in [0.2, 0.25) is 11.8 Å². The molecular weight excluding hydrogens is 641 g/mol. The Kier molecular flexibility index (Phi) is 12.3. The fourth-order valence-electron chi connectivity index (χ4n) is 4.99. The number of aryl methyl sites for hydroxylation is 2. The fraction of sp³-hybridized carbons (Fsp3) is 0.278. The first kappa shape index (κ1) is 35.0. The Bertz CT molecular complexity index is 1730. The first-order valence-corrected chi connectivity index (χ1v) is 17.4. The Morgan fingerprint density at radius 2 is 1.43 bits per heavy atom. The van der Waals surface area contributed by atoms with E-state index in [9.17, 15) is 18.0 Å². The van der Waals surface area contributed by atoms with Crippen LogP contribution in [0.2, 0.25) is 10.0 Å². The van der Waals surface area contributed by atoms with Gasteiger partial charge in [0.1, 0.15) is 12.6 Å². The third-order valence-corrected chi connectivity index (χ3v) is 10.1. The SMILES string of the molecule is CCCCNC(=O)[C@H](Cc1ccccc1)N(Cc1ccc(Cl)cc1)C(=O)CN(c1ccc(C)c(C)c1)S(=O)(=O)c1ccc(Cl)cc1. The molecule has 4 aromatic carbocycles. The molecule has 1 N–H and O–H groups in total. The number of nitrogens with zero attached hydrogens (tertiary/aromatic N) is 2. The molecule has 0 aliphatic heterocycles. The number of unbranched alkanes of at least 4 members (excludes halogenated alkanes) is 1. The average molecular weight is 681 g/mol. The number of amides is 2. The van der Waals surface area contributed by atoms with Crippen LogP contribution in [0.4, 0.5) is 5.69 Å². The second-order valence-electron chi connectivity index (χ2n) is 11.2. The summed E-state index contributed by atoms with van der Waals surface area (Å²) in [6, 6.07) is 26.7. The Morgan fingerprint density at radius 3 is 2.04 bits per heavy atom. The zero-order valence-corrected chi connectivity index (χ0v) is 28.6. The molecule has 0 bridgehead atoms. The predicted molar refractivity (Wildman–Crippen MR) is 186 cm³/mol. The van der Waals surface area contributed by atoms with Gasteiger partial charge in [-0.1, -0.05) is 85.1 Å². The van der Waals surface area contributed by atoms with Crippen LogP contribution < -0.4 is 9.62 Å². The number of carbonyl (C=O) groups is 2. The maximum Gasteiger partial charge on any atom is 0.264 e. The monoisotopic (exact) mass is 679 g/mol. The van der Waals surface area contributed by atoms with Crippen LogP contribution in [0, 0.1) is 13.8 Å². The Balaban J connectivity index is 1.80. The van der Waals surface area contributed by atoms with Crippen molar-refractivity contribution in [3.05, 3.63) is 129 Å². The van der Waals surface area contributed by atoms with E-state index in [2.05, 4.69) is 5.32 Å². The van der Waals surface area contributed by atoms with Gasteiger partial charge in [-0.25, -0.2) is 8.42 Å². The minimum absolute atomic E-state index is 0.00896. The molecule has 0 fully saturated rings. The number of hydrogen-bond donors (Lipinski definition) is 1. The predicted octanol–water partition coefficient (Wildman–Crippen LogP) is 7.36. The summed E-state index contributed by atoms with van der Waals surface area (Å²) in [5, 5.41) is 3.92. The van der Waals surface area contributed by atoms with Crippen LogP contribution in [0.3, 0.4) is 0 Å². The number of halogens is 2. The van der Waals surface area contributed by atoms with Crippen LogP contribution in [0.1, 0.15) is 42.0 Å². The van der Waals surface area contributed by atoms with Gasteiger partial charge in [-0.2, -0.15) is 0 Å². The number of nitrogens with one attached hydrogen (secondary N) is 1. The molecule has 1 atom stereocenters. The molecule has 2 amide bonds. The van der Waals surface area contributed by atoms with Crippen molar-refractivity contribution in [3.8, 4) is 0 Å². The summed E-state index contributed by atoms with van der Waals surface area (Å²) in [4.78, 5) is 29.8. The molecule has 0 spiro atoms. The van der Waals surface area contributed by atoms with Crippen LogP contribution in [-0.2, 0) is 32.6 Å². The lowest BCUT2D eigenvalue weighted by atomic mass is 10.0. The van der Waals surface area contributed by atoms with Gasteiger partial charge in [-0.05, 0) is 91.1 Å². The van der Waals surface area contributed by atoms with E-state index in [1.54, 1.807) is 36.4 Å². The summed E-state index contributed by atoms with van der Waals surface area (Å²) in [7, 11) is -4.22. The van der Waals surface area contributed by atoms with E-state index in [0.29, 0.717) is 22.3 Å². The van der Waals surface area contributed by atoms with E-state index in [1.807, 2.05) is 57.2 Å². The third-order valence-electron chi connectivity index (χ3n) is 7.83. The lowest BCUT2D eigenvalue weighted by Crippen LogP contribution is -2.53. The molecule has 0 unspecified atom stereocenters. The lowest BCUT2D eigenvalue weighted by Gasteiger charge is -2.34. The van der Waals surface area contributed by atoms with Gasteiger partial charge >= 0.3 is 0 Å². The van der Waals surface area contributed by atoms with E-state index in [4.69, 9.17) is 23.2 Å². The fourth-order valence-corrected chi connectivity index (χ4v) is 6.65. The van der Waals surface area contributed by atoms with Crippen LogP contribution in [0.25, 0.3) is 0 Å². The maximum atomic E-state index is 14.5. The van der Waals surface area contributed by atoms with Crippen molar-refractivity contribution in [2.45, 2.75) is 57.5 Å². The Labute approximate surface area is 282 Å². The van der Waals surface area contributed by atoms with Crippen LogP contribution in [0.15, 0.2) is 102 Å². The minimum atomic E-state index is -4.22. The topological polar surface area (TPSA) is 86.8 Å². The molecule has 10 heteroatoms. The number of hydrogen-bond acceptors (Lipinski definition) is 4. The molecule has 0 aliphatic carbocycles. The van der Waals surface area contributed by atoms with Gasteiger partial charge in [0, 0.05) is 29.6 Å². The quantitative estimate of drug-likeness (QED) is 0.141. The third kappa shape index (κ3) is 9.12. The largest absolute Gasteiger partial charge is 0.354 e. The molecule has 0 radical (unpaired) electrons. The summed E-state index contributed by atoms with van der Waals surface area (Å²) in [6.45, 7) is 5.85. The highest BCUT2D eigenvalue weighted by Gasteiger charge is 2.34. The van der Waals surface area contributed by atoms with Gasteiger partial charge in [-0.3, -0.25) is 13.9 Å². The van der Waals surface area contributed by atoms with Crippen LogP contribution >= 0.6 is 23.2 Å². The summed E-state index contributed by atoms with van der Waals surface area (Å²) < 4.78 is 29.5. The number of benzene rings is 4. The second-order valence-corrected chi connectivity index (χ2v) is 14.0. The molecule has 0 heterocycles. The van der Waals surface area contributed by atoms with Gasteiger partial charge in [0.15, 0.2) is 0 Å². The zero-order valence-electron chi connectivity index (χ0n) is 26.2. The van der Waals surface area contributed by atoms with Crippen molar-refractivity contribution in [3.63, 3.8) is 0 Å². The minimum Gasteiger partial charge on any atom is -0.354 e. The molecular formula is C36H39Cl2N3O4S. The van der Waals surface area contributed by atoms with Crippen molar-refractivity contribution in [2.24, 2.45) is 0 Å². The first-order valence-electron chi connectivity index (χ1n) is 15.2.